The maximum absolute atomic E-state index is 16.7. The minimum Gasteiger partial charge on any atom is -0.493 e. The highest BCUT2D eigenvalue weighted by Gasteiger charge is 2.40. The number of nitrogens with zero attached hydrogens (tertiary/aromatic N) is 3. The number of hydrogen-bond donors (Lipinski definition) is 0. The summed E-state index contributed by atoms with van der Waals surface area (Å²) in [5, 5.41) is 0. The Labute approximate surface area is 239 Å². The summed E-state index contributed by atoms with van der Waals surface area (Å²) in [5.41, 5.74) is 3.08. The van der Waals surface area contributed by atoms with Gasteiger partial charge in [0.05, 0.1) is 48.7 Å². The molecule has 3 heterocycles. The highest BCUT2D eigenvalue weighted by atomic mass is 79.9. The van der Waals surface area contributed by atoms with Crippen molar-refractivity contribution < 1.29 is 23.3 Å². The van der Waals surface area contributed by atoms with Crippen LogP contribution < -0.4 is 14.2 Å². The molecule has 0 bridgehead atoms. The smallest absolute Gasteiger partial charge is 0.207 e. The summed E-state index contributed by atoms with van der Waals surface area (Å²) in [6.45, 7) is 3.35. The Balaban J connectivity index is 1.51. The van der Waals surface area contributed by atoms with Crippen molar-refractivity contribution in [3.8, 4) is 28.6 Å². The maximum Gasteiger partial charge on any atom is 0.207 e. The predicted octanol–water partition coefficient (Wildman–Crippen LogP) is 6.91. The molecule has 0 aliphatic carbocycles. The number of fused-ring (bicyclic) bond motifs is 1. The van der Waals surface area contributed by atoms with E-state index in [9.17, 15) is 0 Å². The topological polar surface area (TPSA) is 67.6 Å². The van der Waals surface area contributed by atoms with Crippen molar-refractivity contribution in [2.75, 3.05) is 20.3 Å². The molecule has 6 rings (SSSR count). The number of methoxy groups -OCH3 is 1. The van der Waals surface area contributed by atoms with E-state index in [0.717, 1.165) is 16.6 Å². The zero-order chi connectivity index (χ0) is 27.7. The molecule has 2 aromatic heterocycles. The SMILES string of the molecule is COc1cc(-c2nc3cc(Br)ncc3n2C2(C)COC2)c(F)c(OCc2ccccc2)c1OCc1ccccc1. The molecular formula is C31H27BrFN3O4. The van der Waals surface area contributed by atoms with Crippen LogP contribution in [0.15, 0.2) is 83.6 Å². The van der Waals surface area contributed by atoms with Gasteiger partial charge in [-0.05, 0) is 46.1 Å². The molecule has 1 saturated heterocycles. The van der Waals surface area contributed by atoms with Crippen molar-refractivity contribution in [3.05, 3.63) is 101 Å². The van der Waals surface area contributed by atoms with Gasteiger partial charge in [-0.25, -0.2) is 14.4 Å². The van der Waals surface area contributed by atoms with Crippen molar-refractivity contribution in [1.29, 1.82) is 0 Å². The lowest BCUT2D eigenvalue weighted by Gasteiger charge is -2.40. The van der Waals surface area contributed by atoms with Gasteiger partial charge < -0.3 is 23.5 Å². The molecule has 0 radical (unpaired) electrons. The molecule has 5 aromatic rings. The summed E-state index contributed by atoms with van der Waals surface area (Å²) in [6, 6.07) is 22.7. The molecule has 0 N–H and O–H groups in total. The van der Waals surface area contributed by atoms with Gasteiger partial charge in [-0.1, -0.05) is 60.7 Å². The van der Waals surface area contributed by atoms with E-state index in [2.05, 4.69) is 27.8 Å². The largest absolute Gasteiger partial charge is 0.493 e. The maximum atomic E-state index is 16.7. The number of imidazole rings is 1. The van der Waals surface area contributed by atoms with Crippen LogP contribution in [0.3, 0.4) is 0 Å². The molecule has 1 fully saturated rings. The van der Waals surface area contributed by atoms with E-state index in [1.54, 1.807) is 12.3 Å². The molecule has 40 heavy (non-hydrogen) atoms. The van der Waals surface area contributed by atoms with Crippen LogP contribution in [-0.2, 0) is 23.5 Å². The molecule has 0 saturated carbocycles. The van der Waals surface area contributed by atoms with E-state index < -0.39 is 11.4 Å². The van der Waals surface area contributed by atoms with Crippen molar-refractivity contribution in [1.82, 2.24) is 14.5 Å². The predicted molar refractivity (Wildman–Crippen MR) is 153 cm³/mol. The molecule has 1 aliphatic heterocycles. The van der Waals surface area contributed by atoms with Crippen molar-refractivity contribution in [3.63, 3.8) is 0 Å². The van der Waals surface area contributed by atoms with Gasteiger partial charge in [0.1, 0.15) is 23.6 Å². The van der Waals surface area contributed by atoms with E-state index in [0.29, 0.717) is 34.9 Å². The first kappa shape index (κ1) is 26.3. The third-order valence-corrected chi connectivity index (χ3v) is 7.36. The van der Waals surface area contributed by atoms with Crippen LogP contribution in [0.5, 0.6) is 17.2 Å². The minimum atomic E-state index is -0.591. The average molecular weight is 604 g/mol. The lowest BCUT2D eigenvalue weighted by atomic mass is 9.99. The molecule has 1 aliphatic rings. The molecule has 0 unspecified atom stereocenters. The summed E-state index contributed by atoms with van der Waals surface area (Å²) in [6.07, 6.45) is 1.73. The molecule has 0 amide bonds. The summed E-state index contributed by atoms with van der Waals surface area (Å²) in [4.78, 5) is 9.26. The lowest BCUT2D eigenvalue weighted by Crippen LogP contribution is -2.49. The second-order valence-electron chi connectivity index (χ2n) is 9.90. The minimum absolute atomic E-state index is 0.0398. The van der Waals surface area contributed by atoms with Crippen LogP contribution in [0.2, 0.25) is 0 Å². The Kier molecular flexibility index (Phi) is 7.16. The normalized spacial score (nSPS) is 14.1. The molecule has 204 valence electrons. The van der Waals surface area contributed by atoms with Gasteiger partial charge in [0, 0.05) is 0 Å². The van der Waals surface area contributed by atoms with E-state index in [1.165, 1.54) is 7.11 Å². The Morgan fingerprint density at radius 2 is 1.57 bits per heavy atom. The van der Waals surface area contributed by atoms with Gasteiger partial charge in [0.2, 0.25) is 11.5 Å². The van der Waals surface area contributed by atoms with Gasteiger partial charge in [-0.2, -0.15) is 0 Å². The molecule has 3 aromatic carbocycles. The lowest BCUT2D eigenvalue weighted by molar-refractivity contribution is -0.0868. The number of benzene rings is 3. The zero-order valence-electron chi connectivity index (χ0n) is 22.1. The first-order valence-corrected chi connectivity index (χ1v) is 13.6. The fourth-order valence-electron chi connectivity index (χ4n) is 4.84. The Bertz CT molecular complexity index is 1660. The first-order valence-electron chi connectivity index (χ1n) is 12.8. The number of pyridine rings is 1. The van der Waals surface area contributed by atoms with Crippen LogP contribution in [0.4, 0.5) is 4.39 Å². The summed E-state index contributed by atoms with van der Waals surface area (Å²) in [5.74, 6) is 0.321. The number of ether oxygens (including phenoxy) is 4. The van der Waals surface area contributed by atoms with E-state index >= 15 is 4.39 Å². The van der Waals surface area contributed by atoms with E-state index in [-0.39, 0.29) is 30.3 Å². The van der Waals surface area contributed by atoms with Crippen molar-refractivity contribution in [2.24, 2.45) is 0 Å². The highest BCUT2D eigenvalue weighted by molar-refractivity contribution is 9.10. The number of hydrogen-bond acceptors (Lipinski definition) is 6. The standard InChI is InChI=1S/C31H27BrFN3O4/c1-31(18-38-19-31)36-24-15-34-26(32)14-23(24)35-30(36)22-13-25(37-2)28(39-16-20-9-5-3-6-10-20)29(27(22)33)40-17-21-11-7-4-8-12-21/h3-15H,16-19H2,1-2H3. The fourth-order valence-corrected chi connectivity index (χ4v) is 5.16. The number of halogens is 2. The van der Waals surface area contributed by atoms with Gasteiger partial charge in [-0.3, -0.25) is 0 Å². The Morgan fingerprint density at radius 1 is 0.950 bits per heavy atom. The van der Waals surface area contributed by atoms with Gasteiger partial charge >= 0.3 is 0 Å². The van der Waals surface area contributed by atoms with E-state index in [1.807, 2.05) is 71.3 Å². The quantitative estimate of drug-likeness (QED) is 0.170. The molecule has 0 atom stereocenters. The van der Waals surface area contributed by atoms with Crippen LogP contribution in [0.25, 0.3) is 22.4 Å². The number of aromatic nitrogens is 3. The third kappa shape index (κ3) is 4.91. The zero-order valence-corrected chi connectivity index (χ0v) is 23.7. The van der Waals surface area contributed by atoms with Gasteiger partial charge in [0.25, 0.3) is 0 Å². The molecule has 9 heteroatoms. The van der Waals surface area contributed by atoms with Crippen molar-refractivity contribution >= 4 is 27.0 Å². The average Bonchev–Trinajstić information content (AvgIpc) is 3.34. The second kappa shape index (κ2) is 10.9. The summed E-state index contributed by atoms with van der Waals surface area (Å²) in [7, 11) is 1.53. The van der Waals surface area contributed by atoms with Crippen LogP contribution in [-0.4, -0.2) is 34.9 Å². The summed E-state index contributed by atoms with van der Waals surface area (Å²) < 4.78 is 42.9. The first-order chi connectivity index (χ1) is 19.5. The molecular weight excluding hydrogens is 577 g/mol. The summed E-state index contributed by atoms with van der Waals surface area (Å²) >= 11 is 3.43. The van der Waals surface area contributed by atoms with E-state index in [4.69, 9.17) is 23.9 Å². The van der Waals surface area contributed by atoms with Gasteiger partial charge in [-0.15, -0.1) is 0 Å². The third-order valence-electron chi connectivity index (χ3n) is 6.93. The van der Waals surface area contributed by atoms with Gasteiger partial charge in [0.15, 0.2) is 11.6 Å². The second-order valence-corrected chi connectivity index (χ2v) is 10.7. The monoisotopic (exact) mass is 603 g/mol. The van der Waals surface area contributed by atoms with Crippen LogP contribution >= 0.6 is 15.9 Å². The van der Waals surface area contributed by atoms with Crippen LogP contribution in [0, 0.1) is 5.82 Å². The molecule has 7 nitrogen and oxygen atoms in total. The number of rotatable bonds is 9. The Morgan fingerprint density at radius 3 is 2.15 bits per heavy atom. The van der Waals surface area contributed by atoms with Crippen molar-refractivity contribution in [2.45, 2.75) is 25.7 Å². The van der Waals surface area contributed by atoms with Crippen LogP contribution in [0.1, 0.15) is 18.1 Å². The Hall–Kier alpha value is -3.95. The highest BCUT2D eigenvalue weighted by Crippen LogP contribution is 2.47. The molecule has 0 spiro atoms. The fraction of sp³-hybridized carbons (Fsp3) is 0.226.